The predicted molar refractivity (Wildman–Crippen MR) is 155 cm³/mol. The van der Waals surface area contributed by atoms with Crippen molar-refractivity contribution >= 4 is 28.3 Å². The Morgan fingerprint density at radius 3 is 2.45 bits per heavy atom. The van der Waals surface area contributed by atoms with E-state index in [2.05, 4.69) is 23.6 Å². The topological polar surface area (TPSA) is 80.6 Å². The summed E-state index contributed by atoms with van der Waals surface area (Å²) in [5.74, 6) is 0.124. The second-order valence-electron chi connectivity index (χ2n) is 10.6. The SMILES string of the molecule is CCc1cc(-c2cc(=O)c3cc(C)cc(C(C)Nc4ccccc4C(=O)OC(C)(C)C)c3o2)ccc1NC. The molecule has 2 N–H and O–H groups in total. The summed E-state index contributed by atoms with van der Waals surface area (Å²) in [6, 6.07) is 18.5. The minimum Gasteiger partial charge on any atom is -0.456 e. The number of hydrogen-bond acceptors (Lipinski definition) is 6. The lowest BCUT2D eigenvalue weighted by atomic mass is 9.99. The lowest BCUT2D eigenvalue weighted by molar-refractivity contribution is 0.00706. The van der Waals surface area contributed by atoms with Crippen LogP contribution in [0.15, 0.2) is 69.9 Å². The number of nitrogens with one attached hydrogen (secondary N) is 2. The molecule has 0 bridgehead atoms. The molecule has 0 aliphatic rings. The van der Waals surface area contributed by atoms with E-state index >= 15 is 0 Å². The number of anilines is 2. The fourth-order valence-electron chi connectivity index (χ4n) is 4.61. The van der Waals surface area contributed by atoms with Crippen LogP contribution in [0.25, 0.3) is 22.3 Å². The Morgan fingerprint density at radius 1 is 1.03 bits per heavy atom. The maximum Gasteiger partial charge on any atom is 0.340 e. The van der Waals surface area contributed by atoms with Gasteiger partial charge in [0.25, 0.3) is 0 Å². The molecule has 0 fully saturated rings. The minimum absolute atomic E-state index is 0.0942. The Morgan fingerprint density at radius 2 is 1.76 bits per heavy atom. The summed E-state index contributed by atoms with van der Waals surface area (Å²) in [6.07, 6.45) is 0.851. The highest BCUT2D eigenvalue weighted by Crippen LogP contribution is 2.32. The summed E-state index contributed by atoms with van der Waals surface area (Å²) in [5, 5.41) is 7.19. The molecule has 0 aliphatic heterocycles. The van der Waals surface area contributed by atoms with E-state index in [0.717, 1.165) is 34.4 Å². The van der Waals surface area contributed by atoms with Crippen molar-refractivity contribution in [2.24, 2.45) is 0 Å². The van der Waals surface area contributed by atoms with E-state index in [-0.39, 0.29) is 11.5 Å². The van der Waals surface area contributed by atoms with Crippen molar-refractivity contribution in [3.63, 3.8) is 0 Å². The monoisotopic (exact) mass is 512 g/mol. The van der Waals surface area contributed by atoms with E-state index in [4.69, 9.17) is 9.15 Å². The van der Waals surface area contributed by atoms with Gasteiger partial charge in [0.1, 0.15) is 16.9 Å². The highest BCUT2D eigenvalue weighted by molar-refractivity contribution is 5.96. The Balaban J connectivity index is 1.78. The van der Waals surface area contributed by atoms with Gasteiger partial charge in [-0.05, 0) is 88.6 Å². The Kier molecular flexibility index (Phi) is 7.63. The quantitative estimate of drug-likeness (QED) is 0.250. The van der Waals surface area contributed by atoms with Crippen LogP contribution in [-0.4, -0.2) is 18.6 Å². The molecule has 0 radical (unpaired) electrons. The first-order chi connectivity index (χ1) is 18.0. The second kappa shape index (κ2) is 10.7. The number of esters is 1. The summed E-state index contributed by atoms with van der Waals surface area (Å²) < 4.78 is 12.1. The Bertz CT molecular complexity index is 1550. The molecule has 1 unspecified atom stereocenters. The number of para-hydroxylation sites is 1. The first kappa shape index (κ1) is 27.0. The van der Waals surface area contributed by atoms with E-state index < -0.39 is 11.6 Å². The molecule has 1 heterocycles. The molecule has 0 saturated heterocycles. The summed E-state index contributed by atoms with van der Waals surface area (Å²) in [7, 11) is 1.90. The third-order valence-electron chi connectivity index (χ3n) is 6.43. The Hall–Kier alpha value is -4.06. The molecule has 1 aromatic heterocycles. The maximum absolute atomic E-state index is 13.3. The van der Waals surface area contributed by atoms with Crippen molar-refractivity contribution in [3.05, 3.63) is 93.1 Å². The average molecular weight is 513 g/mol. The van der Waals surface area contributed by atoms with Gasteiger partial charge in [0.15, 0.2) is 5.43 Å². The molecule has 0 saturated carbocycles. The van der Waals surface area contributed by atoms with Crippen LogP contribution < -0.4 is 16.1 Å². The molecule has 198 valence electrons. The molecule has 3 aromatic carbocycles. The van der Waals surface area contributed by atoms with E-state index in [0.29, 0.717) is 28.0 Å². The third-order valence-corrected chi connectivity index (χ3v) is 6.43. The number of hydrogen-bond donors (Lipinski definition) is 2. The fourth-order valence-corrected chi connectivity index (χ4v) is 4.61. The van der Waals surface area contributed by atoms with E-state index in [1.807, 2.05) is 84.1 Å². The zero-order valence-electron chi connectivity index (χ0n) is 23.2. The van der Waals surface area contributed by atoms with Gasteiger partial charge in [-0.2, -0.15) is 0 Å². The van der Waals surface area contributed by atoms with E-state index in [1.165, 1.54) is 0 Å². The van der Waals surface area contributed by atoms with Gasteiger partial charge >= 0.3 is 5.97 Å². The lowest BCUT2D eigenvalue weighted by Gasteiger charge is -2.23. The van der Waals surface area contributed by atoms with Crippen LogP contribution >= 0.6 is 0 Å². The van der Waals surface area contributed by atoms with Crippen LogP contribution in [0, 0.1) is 6.92 Å². The molecule has 4 aromatic rings. The number of rotatable bonds is 7. The minimum atomic E-state index is -0.606. The van der Waals surface area contributed by atoms with Crippen LogP contribution in [0.5, 0.6) is 0 Å². The number of fused-ring (bicyclic) bond motifs is 1. The number of carbonyl (C=O) groups is 1. The van der Waals surface area contributed by atoms with Crippen LogP contribution in [0.4, 0.5) is 11.4 Å². The smallest absolute Gasteiger partial charge is 0.340 e. The maximum atomic E-state index is 13.3. The predicted octanol–water partition coefficient (Wildman–Crippen LogP) is 7.50. The van der Waals surface area contributed by atoms with E-state index in [1.54, 1.807) is 12.1 Å². The van der Waals surface area contributed by atoms with Crippen LogP contribution in [-0.2, 0) is 11.2 Å². The molecular weight excluding hydrogens is 476 g/mol. The molecule has 4 rings (SSSR count). The highest BCUT2D eigenvalue weighted by Gasteiger charge is 2.22. The highest BCUT2D eigenvalue weighted by atomic mass is 16.6. The summed E-state index contributed by atoms with van der Waals surface area (Å²) in [5.41, 5.74) is 5.76. The van der Waals surface area contributed by atoms with Crippen LogP contribution in [0.2, 0.25) is 0 Å². The molecule has 38 heavy (non-hydrogen) atoms. The third kappa shape index (κ3) is 5.75. The van der Waals surface area contributed by atoms with Gasteiger partial charge in [-0.25, -0.2) is 4.79 Å². The normalized spacial score (nSPS) is 12.3. The van der Waals surface area contributed by atoms with Gasteiger partial charge in [-0.15, -0.1) is 0 Å². The summed E-state index contributed by atoms with van der Waals surface area (Å²) in [4.78, 5) is 26.1. The number of ether oxygens (including phenoxy) is 1. The van der Waals surface area contributed by atoms with Gasteiger partial charge in [-0.3, -0.25) is 4.79 Å². The van der Waals surface area contributed by atoms with Gasteiger partial charge in [0.2, 0.25) is 0 Å². The molecule has 0 amide bonds. The van der Waals surface area contributed by atoms with Crippen molar-refractivity contribution < 1.29 is 13.9 Å². The lowest BCUT2D eigenvalue weighted by Crippen LogP contribution is -2.24. The van der Waals surface area contributed by atoms with Gasteiger partial charge in [-0.1, -0.05) is 25.1 Å². The number of benzene rings is 3. The Labute approximate surface area is 224 Å². The largest absolute Gasteiger partial charge is 0.456 e. The molecule has 6 heteroatoms. The van der Waals surface area contributed by atoms with Crippen molar-refractivity contribution in [1.29, 1.82) is 0 Å². The second-order valence-corrected chi connectivity index (χ2v) is 10.6. The van der Waals surface area contributed by atoms with Crippen LogP contribution in [0.3, 0.4) is 0 Å². The molecular formula is C32H36N2O4. The van der Waals surface area contributed by atoms with Crippen molar-refractivity contribution in [2.75, 3.05) is 17.7 Å². The summed E-state index contributed by atoms with van der Waals surface area (Å²) in [6.45, 7) is 11.6. The first-order valence-electron chi connectivity index (χ1n) is 13.0. The molecule has 0 aliphatic carbocycles. The first-order valence-corrected chi connectivity index (χ1v) is 13.0. The average Bonchev–Trinajstić information content (AvgIpc) is 2.87. The zero-order valence-corrected chi connectivity index (χ0v) is 23.2. The van der Waals surface area contributed by atoms with Crippen molar-refractivity contribution in [1.82, 2.24) is 0 Å². The molecule has 6 nitrogen and oxygen atoms in total. The summed E-state index contributed by atoms with van der Waals surface area (Å²) >= 11 is 0. The van der Waals surface area contributed by atoms with Crippen molar-refractivity contribution in [3.8, 4) is 11.3 Å². The number of aryl methyl sites for hydroxylation is 2. The van der Waals surface area contributed by atoms with Gasteiger partial charge in [0.05, 0.1) is 17.0 Å². The molecule has 0 spiro atoms. The van der Waals surface area contributed by atoms with Gasteiger partial charge < -0.3 is 19.8 Å². The van der Waals surface area contributed by atoms with E-state index in [9.17, 15) is 9.59 Å². The zero-order chi connectivity index (χ0) is 27.6. The van der Waals surface area contributed by atoms with Crippen LogP contribution in [0.1, 0.15) is 67.7 Å². The van der Waals surface area contributed by atoms with Gasteiger partial charge in [0, 0.05) is 35.6 Å². The number of carbonyl (C=O) groups excluding carboxylic acids is 1. The fraction of sp³-hybridized carbons (Fsp3) is 0.312. The van der Waals surface area contributed by atoms with Crippen molar-refractivity contribution in [2.45, 2.75) is 59.6 Å². The molecule has 1 atom stereocenters. The standard InChI is InChI=1S/C32H36N2O4/c1-8-21-17-22(13-14-26(21)33-7)29-18-28(35)25-16-19(2)15-24(30(25)37-29)20(3)34-27-12-10-9-11-23(27)31(36)38-32(4,5)6/h9-18,20,33-34H,8H2,1-7H3.